The Kier molecular flexibility index (Phi) is 4.41. The maximum atomic E-state index is 5.77. The molecule has 0 radical (unpaired) electrons. The largest absolute Gasteiger partial charge is 0.492 e. The third kappa shape index (κ3) is 4.30. The number of halogens is 1. The van der Waals surface area contributed by atoms with Crippen LogP contribution in [0.1, 0.15) is 5.56 Å². The number of ether oxygens (including phenoxy) is 1. The summed E-state index contributed by atoms with van der Waals surface area (Å²) in [5.41, 5.74) is 6.70. The van der Waals surface area contributed by atoms with Crippen LogP contribution in [0.25, 0.3) is 0 Å². The Morgan fingerprint density at radius 3 is 2.68 bits per heavy atom. The standard InChI is InChI=1S/C13H15ClN4O/c1-9-2-4-10(5-3-9)19-7-6-16-12-8-11(14)17-13(15)18-12/h2-5,8H,6-7H2,1H3,(H3,15,16,17,18). The molecule has 0 aliphatic carbocycles. The van der Waals surface area contributed by atoms with Gasteiger partial charge in [-0.2, -0.15) is 4.98 Å². The van der Waals surface area contributed by atoms with Crippen LogP contribution in [0.15, 0.2) is 30.3 Å². The van der Waals surface area contributed by atoms with Gasteiger partial charge >= 0.3 is 0 Å². The molecule has 0 aliphatic heterocycles. The SMILES string of the molecule is Cc1ccc(OCCNc2cc(Cl)nc(N)n2)cc1. The third-order valence-electron chi connectivity index (χ3n) is 2.41. The Balaban J connectivity index is 1.79. The first-order chi connectivity index (χ1) is 9.13. The van der Waals surface area contributed by atoms with Crippen molar-refractivity contribution in [3.63, 3.8) is 0 Å². The van der Waals surface area contributed by atoms with Gasteiger partial charge in [0, 0.05) is 6.07 Å². The highest BCUT2D eigenvalue weighted by molar-refractivity contribution is 6.29. The zero-order valence-corrected chi connectivity index (χ0v) is 11.3. The number of hydrogen-bond donors (Lipinski definition) is 2. The lowest BCUT2D eigenvalue weighted by molar-refractivity contribution is 0.332. The molecule has 0 spiro atoms. The molecule has 1 aromatic heterocycles. The van der Waals surface area contributed by atoms with E-state index in [1.165, 1.54) is 5.56 Å². The summed E-state index contributed by atoms with van der Waals surface area (Å²) < 4.78 is 5.57. The molecule has 5 nitrogen and oxygen atoms in total. The molecule has 0 bridgehead atoms. The van der Waals surface area contributed by atoms with Gasteiger partial charge in [-0.25, -0.2) is 4.98 Å². The van der Waals surface area contributed by atoms with Crippen molar-refractivity contribution < 1.29 is 4.74 Å². The molecule has 2 rings (SSSR count). The molecule has 2 aromatic rings. The first kappa shape index (κ1) is 13.4. The van der Waals surface area contributed by atoms with E-state index in [2.05, 4.69) is 15.3 Å². The number of nitrogens with two attached hydrogens (primary N) is 1. The molecule has 6 heteroatoms. The molecular formula is C13H15ClN4O. The van der Waals surface area contributed by atoms with Crippen LogP contribution in [0.5, 0.6) is 5.75 Å². The number of benzene rings is 1. The fourth-order valence-electron chi connectivity index (χ4n) is 1.51. The Hall–Kier alpha value is -2.01. The van der Waals surface area contributed by atoms with Crippen LogP contribution in [0.3, 0.4) is 0 Å². The van der Waals surface area contributed by atoms with Gasteiger partial charge in [0.2, 0.25) is 5.95 Å². The second-order valence-corrected chi connectivity index (χ2v) is 4.41. The number of nitrogens with one attached hydrogen (secondary N) is 1. The second-order valence-electron chi connectivity index (χ2n) is 4.02. The summed E-state index contributed by atoms with van der Waals surface area (Å²) >= 11 is 5.77. The zero-order chi connectivity index (χ0) is 13.7. The minimum atomic E-state index is 0.148. The van der Waals surface area contributed by atoms with Crippen LogP contribution in [0.2, 0.25) is 5.15 Å². The van der Waals surface area contributed by atoms with E-state index in [-0.39, 0.29) is 5.95 Å². The van der Waals surface area contributed by atoms with Crippen LogP contribution in [-0.2, 0) is 0 Å². The molecule has 0 saturated heterocycles. The number of rotatable bonds is 5. The molecule has 19 heavy (non-hydrogen) atoms. The fraction of sp³-hybridized carbons (Fsp3) is 0.231. The van der Waals surface area contributed by atoms with Gasteiger partial charge in [-0.05, 0) is 19.1 Å². The van der Waals surface area contributed by atoms with E-state index in [9.17, 15) is 0 Å². The molecule has 100 valence electrons. The van der Waals surface area contributed by atoms with E-state index in [1.807, 2.05) is 31.2 Å². The fourth-order valence-corrected chi connectivity index (χ4v) is 1.70. The van der Waals surface area contributed by atoms with Crippen LogP contribution in [0, 0.1) is 6.92 Å². The number of hydrogen-bond acceptors (Lipinski definition) is 5. The van der Waals surface area contributed by atoms with Crippen LogP contribution in [-0.4, -0.2) is 23.1 Å². The van der Waals surface area contributed by atoms with Crippen LogP contribution >= 0.6 is 11.6 Å². The monoisotopic (exact) mass is 278 g/mol. The van der Waals surface area contributed by atoms with Gasteiger partial charge in [0.05, 0.1) is 6.54 Å². The molecule has 0 fully saturated rings. The van der Waals surface area contributed by atoms with Crippen LogP contribution < -0.4 is 15.8 Å². The third-order valence-corrected chi connectivity index (χ3v) is 2.60. The molecular weight excluding hydrogens is 264 g/mol. The molecule has 0 aliphatic rings. The van der Waals surface area contributed by atoms with Gasteiger partial charge in [0.25, 0.3) is 0 Å². The second kappa shape index (κ2) is 6.24. The smallest absolute Gasteiger partial charge is 0.223 e. The van der Waals surface area contributed by atoms with Gasteiger partial charge in [-0.1, -0.05) is 29.3 Å². The Labute approximate surface area is 116 Å². The summed E-state index contributed by atoms with van der Waals surface area (Å²) in [5, 5.41) is 3.38. The van der Waals surface area contributed by atoms with Gasteiger partial charge in [0.15, 0.2) is 0 Å². The lowest BCUT2D eigenvalue weighted by Crippen LogP contribution is -2.13. The minimum Gasteiger partial charge on any atom is -0.492 e. The highest BCUT2D eigenvalue weighted by Gasteiger charge is 2.00. The van der Waals surface area contributed by atoms with Crippen molar-refractivity contribution in [3.8, 4) is 5.75 Å². The van der Waals surface area contributed by atoms with Crippen molar-refractivity contribution in [1.82, 2.24) is 9.97 Å². The lowest BCUT2D eigenvalue weighted by atomic mass is 10.2. The molecule has 0 unspecified atom stereocenters. The van der Waals surface area contributed by atoms with E-state index < -0.39 is 0 Å². The van der Waals surface area contributed by atoms with Crippen molar-refractivity contribution in [3.05, 3.63) is 41.0 Å². The lowest BCUT2D eigenvalue weighted by Gasteiger charge is -2.08. The topological polar surface area (TPSA) is 73.1 Å². The highest BCUT2D eigenvalue weighted by atomic mass is 35.5. The predicted octanol–water partition coefficient (Wildman–Crippen LogP) is 2.51. The Morgan fingerprint density at radius 1 is 1.26 bits per heavy atom. The Bertz CT molecular complexity index is 525. The summed E-state index contributed by atoms with van der Waals surface area (Å²) in [7, 11) is 0. The maximum absolute atomic E-state index is 5.77. The summed E-state index contributed by atoms with van der Waals surface area (Å²) in [4.78, 5) is 7.78. The number of nitrogen functional groups attached to an aromatic ring is 1. The Morgan fingerprint density at radius 2 is 2.00 bits per heavy atom. The number of aryl methyl sites for hydroxylation is 1. The number of aromatic nitrogens is 2. The summed E-state index contributed by atoms with van der Waals surface area (Å²) in [5.74, 6) is 1.58. The minimum absolute atomic E-state index is 0.148. The van der Waals surface area contributed by atoms with E-state index in [0.717, 1.165) is 5.75 Å². The summed E-state index contributed by atoms with van der Waals surface area (Å²) in [6, 6.07) is 9.51. The maximum Gasteiger partial charge on any atom is 0.223 e. The van der Waals surface area contributed by atoms with Crippen molar-refractivity contribution in [1.29, 1.82) is 0 Å². The quantitative estimate of drug-likeness (QED) is 0.649. The predicted molar refractivity (Wildman–Crippen MR) is 76.6 cm³/mol. The molecule has 1 heterocycles. The van der Waals surface area contributed by atoms with Crippen molar-refractivity contribution in [2.45, 2.75) is 6.92 Å². The average Bonchev–Trinajstić information content (AvgIpc) is 2.36. The molecule has 3 N–H and O–H groups in total. The van der Waals surface area contributed by atoms with Gasteiger partial charge in [-0.3, -0.25) is 0 Å². The average molecular weight is 279 g/mol. The number of anilines is 2. The first-order valence-electron chi connectivity index (χ1n) is 5.87. The normalized spacial score (nSPS) is 10.2. The number of nitrogens with zero attached hydrogens (tertiary/aromatic N) is 2. The molecule has 0 atom stereocenters. The zero-order valence-electron chi connectivity index (χ0n) is 10.6. The molecule has 1 aromatic carbocycles. The first-order valence-corrected chi connectivity index (χ1v) is 6.25. The van der Waals surface area contributed by atoms with E-state index in [1.54, 1.807) is 6.07 Å². The van der Waals surface area contributed by atoms with E-state index >= 15 is 0 Å². The highest BCUT2D eigenvalue weighted by Crippen LogP contribution is 2.13. The molecule has 0 saturated carbocycles. The summed E-state index contributed by atoms with van der Waals surface area (Å²) in [6.07, 6.45) is 0. The van der Waals surface area contributed by atoms with Crippen LogP contribution in [0.4, 0.5) is 11.8 Å². The summed E-state index contributed by atoms with van der Waals surface area (Å²) in [6.45, 7) is 3.15. The molecule has 0 amide bonds. The van der Waals surface area contributed by atoms with Crippen molar-refractivity contribution in [2.75, 3.05) is 24.2 Å². The van der Waals surface area contributed by atoms with Gasteiger partial charge in [-0.15, -0.1) is 0 Å². The van der Waals surface area contributed by atoms with E-state index in [4.69, 9.17) is 22.1 Å². The van der Waals surface area contributed by atoms with E-state index in [0.29, 0.717) is 24.1 Å². The van der Waals surface area contributed by atoms with Crippen molar-refractivity contribution >= 4 is 23.4 Å². The van der Waals surface area contributed by atoms with Gasteiger partial charge < -0.3 is 15.8 Å². The van der Waals surface area contributed by atoms with Gasteiger partial charge in [0.1, 0.15) is 23.3 Å². The van der Waals surface area contributed by atoms with Crippen molar-refractivity contribution in [2.24, 2.45) is 0 Å².